The Bertz CT molecular complexity index is 866. The maximum Gasteiger partial charge on any atom is 0.133 e. The van der Waals surface area contributed by atoms with Crippen LogP contribution in [0.4, 0.5) is 0 Å². The fraction of sp³-hybridized carbons (Fsp3) is 0.0714. The van der Waals surface area contributed by atoms with Crippen molar-refractivity contribution < 1.29 is 5.11 Å². The molecule has 0 fully saturated rings. The smallest absolute Gasteiger partial charge is 0.133 e. The number of nitrogens with one attached hydrogen (secondary N) is 1. The summed E-state index contributed by atoms with van der Waals surface area (Å²) in [5.74, 6) is 0.442. The lowest BCUT2D eigenvalue weighted by atomic mass is 10.3. The Labute approximate surface area is 150 Å². The molecule has 2 N–H and O–H groups in total. The van der Waals surface area contributed by atoms with E-state index in [-0.39, 0.29) is 6.61 Å². The number of fused-ring (bicyclic) bond motifs is 1. The summed E-state index contributed by atoms with van der Waals surface area (Å²) in [6.45, 7) is -0.199. The lowest BCUT2D eigenvalue weighted by Gasteiger charge is -2.08. The molecular formula is C14H8Cl4N2OS. The third kappa shape index (κ3) is 3.04. The molecule has 8 heteroatoms. The molecule has 2 aromatic carbocycles. The zero-order valence-electron chi connectivity index (χ0n) is 10.8. The Morgan fingerprint density at radius 2 is 1.86 bits per heavy atom. The minimum Gasteiger partial charge on any atom is -0.388 e. The van der Waals surface area contributed by atoms with Crippen molar-refractivity contribution in [3.8, 4) is 0 Å². The van der Waals surface area contributed by atoms with Crippen LogP contribution < -0.4 is 0 Å². The van der Waals surface area contributed by atoms with Gasteiger partial charge in [-0.15, -0.1) is 0 Å². The molecule has 0 saturated heterocycles. The SMILES string of the molecule is OCc1nc2c(Sc3ccc(Cl)cc3Cl)c(Cl)c(Cl)cc2[nH]1. The van der Waals surface area contributed by atoms with Gasteiger partial charge in [0, 0.05) is 9.92 Å². The van der Waals surface area contributed by atoms with Crippen molar-refractivity contribution >= 4 is 69.2 Å². The van der Waals surface area contributed by atoms with E-state index in [1.54, 1.807) is 24.3 Å². The molecule has 0 atom stereocenters. The van der Waals surface area contributed by atoms with Crippen LogP contribution in [0.1, 0.15) is 5.82 Å². The van der Waals surface area contributed by atoms with Gasteiger partial charge in [-0.3, -0.25) is 0 Å². The van der Waals surface area contributed by atoms with E-state index in [4.69, 9.17) is 46.4 Å². The van der Waals surface area contributed by atoms with Crippen LogP contribution in [-0.4, -0.2) is 15.1 Å². The molecule has 0 aliphatic carbocycles. The minimum atomic E-state index is -0.199. The third-order valence-electron chi connectivity index (χ3n) is 2.93. The van der Waals surface area contributed by atoms with Crippen molar-refractivity contribution in [1.29, 1.82) is 0 Å². The van der Waals surface area contributed by atoms with Crippen molar-refractivity contribution in [3.05, 3.63) is 50.2 Å². The quantitative estimate of drug-likeness (QED) is 0.589. The van der Waals surface area contributed by atoms with Crippen molar-refractivity contribution in [2.24, 2.45) is 0 Å². The monoisotopic (exact) mass is 392 g/mol. The zero-order valence-corrected chi connectivity index (χ0v) is 14.7. The van der Waals surface area contributed by atoms with Gasteiger partial charge in [-0.25, -0.2) is 4.98 Å². The van der Waals surface area contributed by atoms with Crippen molar-refractivity contribution in [2.75, 3.05) is 0 Å². The lowest BCUT2D eigenvalue weighted by molar-refractivity contribution is 0.273. The number of hydrogen-bond donors (Lipinski definition) is 2. The molecule has 0 aliphatic rings. The lowest BCUT2D eigenvalue weighted by Crippen LogP contribution is -1.84. The molecule has 0 amide bonds. The van der Waals surface area contributed by atoms with Gasteiger partial charge in [0.05, 0.1) is 25.5 Å². The number of benzene rings is 2. The van der Waals surface area contributed by atoms with E-state index in [0.717, 1.165) is 4.90 Å². The first-order valence-electron chi connectivity index (χ1n) is 6.10. The van der Waals surface area contributed by atoms with Crippen molar-refractivity contribution in [1.82, 2.24) is 9.97 Å². The summed E-state index contributed by atoms with van der Waals surface area (Å²) < 4.78 is 0. The molecule has 0 saturated carbocycles. The maximum absolute atomic E-state index is 9.23. The summed E-state index contributed by atoms with van der Waals surface area (Å²) in [4.78, 5) is 8.78. The van der Waals surface area contributed by atoms with Crippen LogP contribution >= 0.6 is 58.2 Å². The molecule has 3 aromatic rings. The first-order chi connectivity index (χ1) is 10.5. The van der Waals surface area contributed by atoms with Crippen molar-refractivity contribution in [2.45, 2.75) is 16.4 Å². The maximum atomic E-state index is 9.23. The first-order valence-corrected chi connectivity index (χ1v) is 8.42. The van der Waals surface area contributed by atoms with Crippen LogP contribution in [0.5, 0.6) is 0 Å². The minimum absolute atomic E-state index is 0.199. The fourth-order valence-corrected chi connectivity index (χ4v) is 3.96. The molecule has 1 aromatic heterocycles. The highest BCUT2D eigenvalue weighted by atomic mass is 35.5. The zero-order chi connectivity index (χ0) is 15.9. The average Bonchev–Trinajstić information content (AvgIpc) is 2.88. The fourth-order valence-electron chi connectivity index (χ4n) is 1.95. The van der Waals surface area contributed by atoms with Crippen LogP contribution in [0, 0.1) is 0 Å². The summed E-state index contributed by atoms with van der Waals surface area (Å²) in [6, 6.07) is 6.89. The van der Waals surface area contributed by atoms with Gasteiger partial charge >= 0.3 is 0 Å². The van der Waals surface area contributed by atoms with Gasteiger partial charge in [-0.05, 0) is 24.3 Å². The molecule has 0 unspecified atom stereocenters. The summed E-state index contributed by atoms with van der Waals surface area (Å²) in [5, 5.41) is 11.1. The van der Waals surface area contributed by atoms with E-state index < -0.39 is 0 Å². The van der Waals surface area contributed by atoms with Crippen LogP contribution in [0.15, 0.2) is 34.1 Å². The Kier molecular flexibility index (Phi) is 4.78. The van der Waals surface area contributed by atoms with Crippen molar-refractivity contribution in [3.63, 3.8) is 0 Å². The molecule has 3 nitrogen and oxygen atoms in total. The molecule has 114 valence electrons. The Morgan fingerprint density at radius 1 is 1.09 bits per heavy atom. The van der Waals surface area contributed by atoms with Gasteiger partial charge in [0.15, 0.2) is 0 Å². The molecular weight excluding hydrogens is 386 g/mol. The second-order valence-electron chi connectivity index (χ2n) is 4.42. The van der Waals surface area contributed by atoms with Crippen LogP contribution in [-0.2, 0) is 6.61 Å². The molecule has 3 rings (SSSR count). The van der Waals surface area contributed by atoms with Gasteiger partial charge in [-0.1, -0.05) is 58.2 Å². The highest BCUT2D eigenvalue weighted by Gasteiger charge is 2.17. The number of halogens is 4. The van der Waals surface area contributed by atoms with E-state index in [2.05, 4.69) is 9.97 Å². The average molecular weight is 394 g/mol. The Hall–Kier alpha value is -0.620. The number of hydrogen-bond acceptors (Lipinski definition) is 3. The molecule has 0 spiro atoms. The summed E-state index contributed by atoms with van der Waals surface area (Å²) in [7, 11) is 0. The first kappa shape index (κ1) is 16.2. The van der Waals surface area contributed by atoms with E-state index in [1.165, 1.54) is 11.8 Å². The normalized spacial score (nSPS) is 11.3. The number of rotatable bonds is 3. The molecule has 0 aliphatic heterocycles. The number of aliphatic hydroxyl groups is 1. The largest absolute Gasteiger partial charge is 0.388 e. The third-order valence-corrected chi connectivity index (χ3v) is 5.67. The van der Waals surface area contributed by atoms with Gasteiger partial charge in [0.25, 0.3) is 0 Å². The second kappa shape index (κ2) is 6.48. The Balaban J connectivity index is 2.16. The van der Waals surface area contributed by atoms with E-state index in [1.807, 2.05) is 0 Å². The standard InChI is InChI=1S/C14H8Cl4N2OS/c15-6-1-2-10(7(16)3-6)22-14-12(18)8(17)4-9-13(14)20-11(5-21)19-9/h1-4,21H,5H2,(H,19,20). The number of imidazole rings is 1. The Morgan fingerprint density at radius 3 is 2.55 bits per heavy atom. The van der Waals surface area contributed by atoms with Gasteiger partial charge in [0.1, 0.15) is 17.9 Å². The number of H-pyrrole nitrogens is 1. The summed E-state index contributed by atoms with van der Waals surface area (Å²) in [5.41, 5.74) is 1.33. The topological polar surface area (TPSA) is 48.9 Å². The molecule has 1 heterocycles. The molecule has 0 bridgehead atoms. The van der Waals surface area contributed by atoms with Crippen LogP contribution in [0.25, 0.3) is 11.0 Å². The summed E-state index contributed by atoms with van der Waals surface area (Å²) >= 11 is 25.9. The summed E-state index contributed by atoms with van der Waals surface area (Å²) in [6.07, 6.45) is 0. The van der Waals surface area contributed by atoms with Gasteiger partial charge < -0.3 is 10.1 Å². The van der Waals surface area contributed by atoms with E-state index in [9.17, 15) is 5.11 Å². The number of aliphatic hydroxyl groups excluding tert-OH is 1. The highest BCUT2D eigenvalue weighted by molar-refractivity contribution is 7.99. The van der Waals surface area contributed by atoms with E-state index >= 15 is 0 Å². The van der Waals surface area contributed by atoms with Crippen LogP contribution in [0.3, 0.4) is 0 Å². The highest BCUT2D eigenvalue weighted by Crippen LogP contribution is 2.44. The van der Waals surface area contributed by atoms with Gasteiger partial charge in [-0.2, -0.15) is 0 Å². The molecule has 0 radical (unpaired) electrons. The predicted molar refractivity (Wildman–Crippen MR) is 92.6 cm³/mol. The number of nitrogens with zero attached hydrogens (tertiary/aromatic N) is 1. The molecule has 22 heavy (non-hydrogen) atoms. The van der Waals surface area contributed by atoms with E-state index in [0.29, 0.717) is 41.8 Å². The second-order valence-corrected chi connectivity index (χ2v) is 7.10. The number of aromatic amines is 1. The number of aromatic nitrogens is 2. The van der Waals surface area contributed by atoms with Crippen LogP contribution in [0.2, 0.25) is 20.1 Å². The van der Waals surface area contributed by atoms with Gasteiger partial charge in [0.2, 0.25) is 0 Å². The predicted octanol–water partition coefficient (Wildman–Crippen LogP) is 5.82.